The predicted octanol–water partition coefficient (Wildman–Crippen LogP) is 3.59. The van der Waals surface area contributed by atoms with E-state index in [0.29, 0.717) is 35.6 Å². The first-order valence-corrected chi connectivity index (χ1v) is 12.6. The first-order valence-electron chi connectivity index (χ1n) is 12.6. The van der Waals surface area contributed by atoms with Gasteiger partial charge < -0.3 is 34.5 Å². The van der Waals surface area contributed by atoms with Crippen LogP contribution in [0.5, 0.6) is 11.5 Å². The number of amides is 1. The number of carbonyl (C=O) groups excluding carboxylic acids is 1. The van der Waals surface area contributed by atoms with Crippen molar-refractivity contribution in [2.45, 2.75) is 50.5 Å². The molecule has 1 amide bonds. The highest BCUT2D eigenvalue weighted by Gasteiger charge is 2.50. The summed E-state index contributed by atoms with van der Waals surface area (Å²) < 4.78 is 22.8. The minimum Gasteiger partial charge on any atom is -0.496 e. The lowest BCUT2D eigenvalue weighted by atomic mass is 9.89. The second-order valence-electron chi connectivity index (χ2n) is 9.74. The van der Waals surface area contributed by atoms with Crippen molar-refractivity contribution in [2.75, 3.05) is 20.8 Å². The van der Waals surface area contributed by atoms with Crippen molar-refractivity contribution in [3.63, 3.8) is 0 Å². The van der Waals surface area contributed by atoms with Crippen molar-refractivity contribution in [2.24, 2.45) is 0 Å². The molecule has 1 aliphatic rings. The molecule has 3 aromatic carbocycles. The van der Waals surface area contributed by atoms with Crippen LogP contribution in [0.1, 0.15) is 29.8 Å². The second-order valence-corrected chi connectivity index (χ2v) is 9.74. The summed E-state index contributed by atoms with van der Waals surface area (Å²) >= 11 is 0. The van der Waals surface area contributed by atoms with Gasteiger partial charge in [0.05, 0.1) is 18.3 Å². The van der Waals surface area contributed by atoms with E-state index >= 15 is 0 Å². The van der Waals surface area contributed by atoms with Crippen LogP contribution in [0.4, 0.5) is 0 Å². The Morgan fingerprint density at radius 1 is 0.947 bits per heavy atom. The highest BCUT2D eigenvalue weighted by Crippen LogP contribution is 2.36. The van der Waals surface area contributed by atoms with E-state index in [1.807, 2.05) is 54.6 Å². The summed E-state index contributed by atoms with van der Waals surface area (Å²) in [5.74, 6) is 0.651. The smallest absolute Gasteiger partial charge is 0.252 e. The van der Waals surface area contributed by atoms with E-state index in [2.05, 4.69) is 5.32 Å². The first-order chi connectivity index (χ1) is 18.2. The zero-order valence-electron chi connectivity index (χ0n) is 22.1. The Kier molecular flexibility index (Phi) is 8.69. The Labute approximate surface area is 223 Å². The van der Waals surface area contributed by atoms with E-state index in [1.165, 1.54) is 7.11 Å². The molecule has 8 heteroatoms. The molecule has 0 bridgehead atoms. The fraction of sp³-hybridized carbons (Fsp3) is 0.367. The van der Waals surface area contributed by atoms with Crippen molar-refractivity contribution in [1.29, 1.82) is 0 Å². The first kappa shape index (κ1) is 27.6. The Bertz CT molecular complexity index is 1230. The molecule has 0 saturated carbocycles. The van der Waals surface area contributed by atoms with E-state index in [1.54, 1.807) is 39.2 Å². The molecule has 38 heavy (non-hydrogen) atoms. The molecule has 0 radical (unpaired) electrons. The van der Waals surface area contributed by atoms with E-state index in [9.17, 15) is 15.0 Å². The predicted molar refractivity (Wildman–Crippen MR) is 143 cm³/mol. The third-order valence-electron chi connectivity index (χ3n) is 6.73. The molecule has 1 heterocycles. The standard InChI is InChI=1S/C30H35NO7/c1-30(2)27(36-4)25(32)26(33)29(38-30)37-20-14-15-21(22-12-8-9-13-24(22)35-3)23(18-20)28(34)31-17-16-19-10-6-5-7-11-19/h5-15,18,25-27,29,32-33H,16-17H2,1-4H3,(H,31,34)/t25-,26+,27+,29-/m0/s1. The summed E-state index contributed by atoms with van der Waals surface area (Å²) in [5.41, 5.74) is 1.99. The van der Waals surface area contributed by atoms with Gasteiger partial charge in [-0.15, -0.1) is 0 Å². The Hall–Kier alpha value is -3.43. The number of hydrogen-bond acceptors (Lipinski definition) is 7. The third-order valence-corrected chi connectivity index (χ3v) is 6.73. The minimum absolute atomic E-state index is 0.280. The van der Waals surface area contributed by atoms with Crippen LogP contribution in [0, 0.1) is 0 Å². The zero-order valence-corrected chi connectivity index (χ0v) is 22.1. The maximum absolute atomic E-state index is 13.4. The minimum atomic E-state index is -1.36. The van der Waals surface area contributed by atoms with Crippen molar-refractivity contribution in [3.05, 3.63) is 83.9 Å². The van der Waals surface area contributed by atoms with Crippen LogP contribution in [-0.4, -0.2) is 67.1 Å². The molecule has 1 aliphatic heterocycles. The fourth-order valence-corrected chi connectivity index (χ4v) is 4.79. The van der Waals surface area contributed by atoms with Crippen LogP contribution in [0.25, 0.3) is 11.1 Å². The molecule has 0 aromatic heterocycles. The summed E-state index contributed by atoms with van der Waals surface area (Å²) in [7, 11) is 3.03. The maximum atomic E-state index is 13.4. The Morgan fingerprint density at radius 3 is 2.37 bits per heavy atom. The molecule has 202 valence electrons. The van der Waals surface area contributed by atoms with Gasteiger partial charge in [-0.25, -0.2) is 0 Å². The van der Waals surface area contributed by atoms with Crippen molar-refractivity contribution in [1.82, 2.24) is 5.32 Å². The van der Waals surface area contributed by atoms with Gasteiger partial charge >= 0.3 is 0 Å². The molecular formula is C30H35NO7. The van der Waals surface area contributed by atoms with Gasteiger partial charge in [-0.3, -0.25) is 4.79 Å². The summed E-state index contributed by atoms with van der Waals surface area (Å²) in [6.07, 6.45) is -3.80. The summed E-state index contributed by atoms with van der Waals surface area (Å²) in [4.78, 5) is 13.4. The molecule has 0 aliphatic carbocycles. The third kappa shape index (κ3) is 6.00. The lowest BCUT2D eigenvalue weighted by molar-refractivity contribution is -0.305. The Balaban J connectivity index is 1.62. The summed E-state index contributed by atoms with van der Waals surface area (Å²) in [6.45, 7) is 3.95. The second kappa shape index (κ2) is 12.0. The number of hydrogen-bond donors (Lipinski definition) is 3. The maximum Gasteiger partial charge on any atom is 0.252 e. The van der Waals surface area contributed by atoms with Gasteiger partial charge in [0.2, 0.25) is 6.29 Å². The number of ether oxygens (including phenoxy) is 4. The SMILES string of the molecule is COc1ccccc1-c1ccc(O[C@H]2OC(C)(C)[C@H](OC)[C@@H](O)[C@H]2O)cc1C(=O)NCCc1ccccc1. The van der Waals surface area contributed by atoms with E-state index in [4.69, 9.17) is 18.9 Å². The fourth-order valence-electron chi connectivity index (χ4n) is 4.79. The topological polar surface area (TPSA) is 106 Å². The van der Waals surface area contributed by atoms with Gasteiger partial charge in [-0.1, -0.05) is 48.5 Å². The Morgan fingerprint density at radius 2 is 1.66 bits per heavy atom. The highest BCUT2D eigenvalue weighted by atomic mass is 16.7. The largest absolute Gasteiger partial charge is 0.496 e. The summed E-state index contributed by atoms with van der Waals surface area (Å²) in [5, 5.41) is 24.2. The molecule has 4 rings (SSSR count). The number of benzene rings is 3. The van der Waals surface area contributed by atoms with E-state index in [0.717, 1.165) is 11.1 Å². The number of aliphatic hydroxyl groups is 2. The van der Waals surface area contributed by atoms with Crippen LogP contribution >= 0.6 is 0 Å². The number of carbonyl (C=O) groups is 1. The average Bonchev–Trinajstić information content (AvgIpc) is 2.92. The number of methoxy groups -OCH3 is 2. The van der Waals surface area contributed by atoms with Crippen LogP contribution < -0.4 is 14.8 Å². The molecule has 8 nitrogen and oxygen atoms in total. The van der Waals surface area contributed by atoms with Crippen LogP contribution in [0.15, 0.2) is 72.8 Å². The van der Waals surface area contributed by atoms with Crippen LogP contribution in [0.2, 0.25) is 0 Å². The van der Waals surface area contributed by atoms with Gasteiger partial charge in [-0.2, -0.15) is 0 Å². The lowest BCUT2D eigenvalue weighted by Crippen LogP contribution is -2.63. The lowest BCUT2D eigenvalue weighted by Gasteiger charge is -2.46. The van der Waals surface area contributed by atoms with Crippen molar-refractivity contribution >= 4 is 5.91 Å². The molecule has 3 N–H and O–H groups in total. The molecule has 4 atom stereocenters. The zero-order chi connectivity index (χ0) is 27.3. The van der Waals surface area contributed by atoms with Gasteiger partial charge in [-0.05, 0) is 55.7 Å². The molecule has 1 saturated heterocycles. The number of rotatable bonds is 9. The van der Waals surface area contributed by atoms with Gasteiger partial charge in [0.1, 0.15) is 29.8 Å². The monoisotopic (exact) mass is 521 g/mol. The number of aliphatic hydroxyl groups excluding tert-OH is 2. The van der Waals surface area contributed by atoms with E-state index in [-0.39, 0.29) is 5.91 Å². The van der Waals surface area contributed by atoms with Gasteiger partial charge in [0, 0.05) is 19.2 Å². The summed E-state index contributed by atoms with van der Waals surface area (Å²) in [6, 6.07) is 22.4. The number of para-hydroxylation sites is 1. The molecule has 3 aromatic rings. The van der Waals surface area contributed by atoms with Crippen LogP contribution in [0.3, 0.4) is 0 Å². The van der Waals surface area contributed by atoms with Gasteiger partial charge in [0.15, 0.2) is 0 Å². The molecule has 0 spiro atoms. The molecule has 1 fully saturated rings. The normalized spacial score (nSPS) is 22.5. The quantitative estimate of drug-likeness (QED) is 0.395. The molecular weight excluding hydrogens is 486 g/mol. The molecule has 0 unspecified atom stereocenters. The van der Waals surface area contributed by atoms with Gasteiger partial charge in [0.25, 0.3) is 5.91 Å². The van der Waals surface area contributed by atoms with E-state index < -0.39 is 30.2 Å². The van der Waals surface area contributed by atoms with Crippen molar-refractivity contribution < 1.29 is 34.0 Å². The number of nitrogens with one attached hydrogen (secondary N) is 1. The van der Waals surface area contributed by atoms with Crippen molar-refractivity contribution in [3.8, 4) is 22.6 Å². The van der Waals surface area contributed by atoms with Crippen LogP contribution in [-0.2, 0) is 15.9 Å². The average molecular weight is 522 g/mol. The highest BCUT2D eigenvalue weighted by molar-refractivity contribution is 6.02.